The van der Waals surface area contributed by atoms with Crippen molar-refractivity contribution >= 4 is 12.1 Å². The predicted molar refractivity (Wildman–Crippen MR) is 89.1 cm³/mol. The van der Waals surface area contributed by atoms with Crippen LogP contribution in [0.15, 0.2) is 12.3 Å². The minimum atomic E-state index is -0.520. The Morgan fingerprint density at radius 1 is 1.17 bits per heavy atom. The van der Waals surface area contributed by atoms with Gasteiger partial charge in [0, 0.05) is 24.8 Å². The highest BCUT2D eigenvalue weighted by molar-refractivity contribution is 5.77. The molecule has 0 spiro atoms. The van der Waals surface area contributed by atoms with Crippen molar-refractivity contribution in [3.8, 4) is 0 Å². The number of amides is 3. The molecular formula is C17H29N3O3. The van der Waals surface area contributed by atoms with Crippen LogP contribution >= 0.6 is 0 Å². The molecule has 3 amide bonds. The molecule has 0 aromatic rings. The highest BCUT2D eigenvalue weighted by atomic mass is 16.6. The molecule has 0 bridgehead atoms. The number of rotatable bonds is 1. The fourth-order valence-corrected chi connectivity index (χ4v) is 2.99. The third-order valence-electron chi connectivity index (χ3n) is 4.18. The summed E-state index contributed by atoms with van der Waals surface area (Å²) in [6, 6.07) is 0.179. The number of hydrogen-bond acceptors (Lipinski definition) is 3. The predicted octanol–water partition coefficient (Wildman–Crippen LogP) is 3.10. The number of carbonyl (C=O) groups excluding carboxylic acids is 2. The van der Waals surface area contributed by atoms with Crippen molar-refractivity contribution in [3.63, 3.8) is 0 Å². The Balaban J connectivity index is 1.84. The molecule has 6 heteroatoms. The number of piperazine rings is 1. The lowest BCUT2D eigenvalue weighted by atomic mass is 9.96. The summed E-state index contributed by atoms with van der Waals surface area (Å²) in [4.78, 5) is 27.7. The Morgan fingerprint density at radius 3 is 2.39 bits per heavy atom. The highest BCUT2D eigenvalue weighted by Crippen LogP contribution is 2.19. The van der Waals surface area contributed by atoms with Gasteiger partial charge in [-0.3, -0.25) is 4.90 Å². The molecule has 0 aromatic heterocycles. The first-order valence-electron chi connectivity index (χ1n) is 8.50. The average Bonchev–Trinajstić information content (AvgIpc) is 2.46. The van der Waals surface area contributed by atoms with Crippen molar-refractivity contribution < 1.29 is 14.3 Å². The zero-order valence-corrected chi connectivity index (χ0v) is 14.6. The van der Waals surface area contributed by atoms with E-state index in [-0.39, 0.29) is 18.2 Å². The summed E-state index contributed by atoms with van der Waals surface area (Å²) in [7, 11) is 0. The Kier molecular flexibility index (Phi) is 5.55. The molecule has 1 saturated carbocycles. The van der Waals surface area contributed by atoms with Crippen LogP contribution in [0.25, 0.3) is 0 Å². The molecule has 0 unspecified atom stereocenters. The lowest BCUT2D eigenvalue weighted by Gasteiger charge is -2.37. The summed E-state index contributed by atoms with van der Waals surface area (Å²) in [6.45, 7) is 10.7. The number of nitrogens with one attached hydrogen (secondary N) is 1. The zero-order chi connectivity index (χ0) is 17.0. The van der Waals surface area contributed by atoms with Crippen molar-refractivity contribution in [1.29, 1.82) is 0 Å². The molecule has 0 aromatic carbocycles. The van der Waals surface area contributed by atoms with E-state index >= 15 is 0 Å². The second-order valence-electron chi connectivity index (χ2n) is 7.40. The van der Waals surface area contributed by atoms with Gasteiger partial charge < -0.3 is 15.0 Å². The largest absolute Gasteiger partial charge is 0.444 e. The quantitative estimate of drug-likeness (QED) is 0.806. The first kappa shape index (κ1) is 17.6. The first-order chi connectivity index (χ1) is 10.8. The smallest absolute Gasteiger partial charge is 0.410 e. The maximum Gasteiger partial charge on any atom is 0.410 e. The lowest BCUT2D eigenvalue weighted by Crippen LogP contribution is -2.53. The summed E-state index contributed by atoms with van der Waals surface area (Å²) >= 11 is 0. The highest BCUT2D eigenvalue weighted by Gasteiger charge is 2.30. The van der Waals surface area contributed by atoms with Crippen LogP contribution < -0.4 is 5.32 Å². The Labute approximate surface area is 138 Å². The maximum atomic E-state index is 12.4. The van der Waals surface area contributed by atoms with Crippen LogP contribution in [-0.4, -0.2) is 53.2 Å². The second kappa shape index (κ2) is 7.23. The summed E-state index contributed by atoms with van der Waals surface area (Å²) in [6.07, 6.45) is 5.36. The standard InChI is InChI=1S/C17H29N3O3/c1-13-12-19(16(22)23-17(2,3)4)10-11-20(13)15(21)18-14-8-6-5-7-9-14/h14H,1,5-12H2,2-4H3,(H,18,21). The van der Waals surface area contributed by atoms with Crippen molar-refractivity contribution in [1.82, 2.24) is 15.1 Å². The topological polar surface area (TPSA) is 61.9 Å². The van der Waals surface area contributed by atoms with Crippen LogP contribution in [0, 0.1) is 0 Å². The minimum Gasteiger partial charge on any atom is -0.444 e. The number of nitrogens with zero attached hydrogens (tertiary/aromatic N) is 2. The minimum absolute atomic E-state index is 0.0919. The molecule has 0 radical (unpaired) electrons. The van der Waals surface area contributed by atoms with Crippen LogP contribution in [0.4, 0.5) is 9.59 Å². The maximum absolute atomic E-state index is 12.4. The van der Waals surface area contributed by atoms with Gasteiger partial charge in [-0.05, 0) is 33.6 Å². The Hall–Kier alpha value is -1.72. The molecule has 2 rings (SSSR count). The number of hydrogen-bond donors (Lipinski definition) is 1. The van der Waals surface area contributed by atoms with Gasteiger partial charge in [0.2, 0.25) is 0 Å². The van der Waals surface area contributed by atoms with E-state index in [1.54, 1.807) is 9.80 Å². The fourth-order valence-electron chi connectivity index (χ4n) is 2.99. The van der Waals surface area contributed by atoms with Crippen molar-refractivity contribution in [2.24, 2.45) is 0 Å². The molecule has 2 fully saturated rings. The number of ether oxygens (including phenoxy) is 1. The number of carbonyl (C=O) groups is 2. The molecule has 1 aliphatic heterocycles. The third kappa shape index (κ3) is 5.15. The van der Waals surface area contributed by atoms with E-state index in [1.807, 2.05) is 20.8 Å². The van der Waals surface area contributed by atoms with Crippen LogP contribution in [0.3, 0.4) is 0 Å². The molecule has 2 aliphatic rings. The van der Waals surface area contributed by atoms with Crippen molar-refractivity contribution in [2.45, 2.75) is 64.5 Å². The van der Waals surface area contributed by atoms with Gasteiger partial charge in [-0.15, -0.1) is 0 Å². The van der Waals surface area contributed by atoms with E-state index in [0.717, 1.165) is 12.8 Å². The van der Waals surface area contributed by atoms with Crippen LogP contribution in [0.5, 0.6) is 0 Å². The molecule has 130 valence electrons. The van der Waals surface area contributed by atoms with Gasteiger partial charge in [-0.1, -0.05) is 25.8 Å². The molecular weight excluding hydrogens is 294 g/mol. The van der Waals surface area contributed by atoms with Gasteiger partial charge in [0.15, 0.2) is 0 Å². The molecule has 0 atom stereocenters. The summed E-state index contributed by atoms with van der Waals surface area (Å²) in [5.41, 5.74) is 0.115. The zero-order valence-electron chi connectivity index (χ0n) is 14.6. The fraction of sp³-hybridized carbons (Fsp3) is 0.765. The van der Waals surface area contributed by atoms with Gasteiger partial charge in [-0.25, -0.2) is 9.59 Å². The second-order valence-corrected chi connectivity index (χ2v) is 7.40. The van der Waals surface area contributed by atoms with Crippen LogP contribution in [0.1, 0.15) is 52.9 Å². The first-order valence-corrected chi connectivity index (χ1v) is 8.50. The van der Waals surface area contributed by atoms with Gasteiger partial charge in [-0.2, -0.15) is 0 Å². The van der Waals surface area contributed by atoms with Gasteiger partial charge in [0.05, 0.1) is 6.54 Å². The third-order valence-corrected chi connectivity index (χ3v) is 4.18. The summed E-state index contributed by atoms with van der Waals surface area (Å²) in [5, 5.41) is 3.09. The molecule has 23 heavy (non-hydrogen) atoms. The van der Waals surface area contributed by atoms with Gasteiger partial charge in [0.1, 0.15) is 5.60 Å². The van der Waals surface area contributed by atoms with E-state index in [9.17, 15) is 9.59 Å². The van der Waals surface area contributed by atoms with E-state index in [2.05, 4.69) is 11.9 Å². The normalized spacial score (nSPS) is 20.4. The lowest BCUT2D eigenvalue weighted by molar-refractivity contribution is 0.0211. The van der Waals surface area contributed by atoms with E-state index < -0.39 is 5.60 Å². The monoisotopic (exact) mass is 323 g/mol. The van der Waals surface area contributed by atoms with Crippen LogP contribution in [-0.2, 0) is 4.74 Å². The van der Waals surface area contributed by atoms with Gasteiger partial charge >= 0.3 is 12.1 Å². The molecule has 1 heterocycles. The summed E-state index contributed by atoms with van der Waals surface area (Å²) < 4.78 is 5.37. The average molecular weight is 323 g/mol. The molecule has 1 N–H and O–H groups in total. The van der Waals surface area contributed by atoms with Crippen LogP contribution in [0.2, 0.25) is 0 Å². The summed E-state index contributed by atoms with van der Waals surface area (Å²) in [5.74, 6) is 0. The SMILES string of the molecule is C=C1CN(C(=O)OC(C)(C)C)CCN1C(=O)NC1CCCCC1. The van der Waals surface area contributed by atoms with Gasteiger partial charge in [0.25, 0.3) is 0 Å². The molecule has 6 nitrogen and oxygen atoms in total. The number of urea groups is 1. The Morgan fingerprint density at radius 2 is 1.83 bits per heavy atom. The van der Waals surface area contributed by atoms with E-state index in [4.69, 9.17) is 4.74 Å². The van der Waals surface area contributed by atoms with Crippen molar-refractivity contribution in [3.05, 3.63) is 12.3 Å². The van der Waals surface area contributed by atoms with E-state index in [1.165, 1.54) is 19.3 Å². The molecule has 1 saturated heterocycles. The molecule has 1 aliphatic carbocycles. The Bertz CT molecular complexity index is 464. The van der Waals surface area contributed by atoms with E-state index in [0.29, 0.717) is 25.3 Å². The van der Waals surface area contributed by atoms with Crippen molar-refractivity contribution in [2.75, 3.05) is 19.6 Å².